The quantitative estimate of drug-likeness (QED) is 0.794. The Morgan fingerprint density at radius 1 is 1.33 bits per heavy atom. The van der Waals surface area contributed by atoms with Gasteiger partial charge in [0.05, 0.1) is 0 Å². The number of carbonyl (C=O) groups is 2. The summed E-state index contributed by atoms with van der Waals surface area (Å²) in [5.41, 5.74) is 5.00. The molecule has 0 aliphatic carbocycles. The number of benzene rings is 1. The first-order chi connectivity index (χ1) is 8.45. The van der Waals surface area contributed by atoms with Crippen LogP contribution in [-0.2, 0) is 24.7 Å². The van der Waals surface area contributed by atoms with Gasteiger partial charge < -0.3 is 15.2 Å². The lowest BCUT2D eigenvalue weighted by atomic mass is 9.92. The molecule has 5 nitrogen and oxygen atoms in total. The average molecular weight is 247 g/mol. The van der Waals surface area contributed by atoms with Gasteiger partial charge in [-0.2, -0.15) is 0 Å². The van der Waals surface area contributed by atoms with Crippen LogP contribution in [0.25, 0.3) is 0 Å². The zero-order valence-corrected chi connectivity index (χ0v) is 10.1. The Labute approximate surface area is 104 Å². The highest BCUT2D eigenvalue weighted by atomic mass is 16.6. The van der Waals surface area contributed by atoms with Crippen molar-refractivity contribution in [1.29, 1.82) is 0 Å². The molecule has 1 aliphatic rings. The van der Waals surface area contributed by atoms with E-state index in [2.05, 4.69) is 0 Å². The number of carbonyl (C=O) groups excluding carboxylic acids is 2. The van der Waals surface area contributed by atoms with Crippen LogP contribution in [0.1, 0.15) is 19.4 Å². The molecule has 2 N–H and O–H groups in total. The highest BCUT2D eigenvalue weighted by Gasteiger charge is 2.48. The Hall–Kier alpha value is -2.30. The van der Waals surface area contributed by atoms with Gasteiger partial charge in [-0.1, -0.05) is 30.3 Å². The molecule has 0 saturated carbocycles. The Morgan fingerprint density at radius 2 is 1.94 bits per heavy atom. The fourth-order valence-electron chi connectivity index (χ4n) is 1.83. The van der Waals surface area contributed by atoms with E-state index in [9.17, 15) is 9.59 Å². The number of hydrogen-bond donors (Lipinski definition) is 1. The Morgan fingerprint density at radius 3 is 2.50 bits per heavy atom. The minimum atomic E-state index is -1.24. The van der Waals surface area contributed by atoms with E-state index >= 15 is 0 Å². The first-order valence-electron chi connectivity index (χ1n) is 5.42. The van der Waals surface area contributed by atoms with Crippen molar-refractivity contribution in [1.82, 2.24) is 0 Å². The van der Waals surface area contributed by atoms with E-state index in [0.29, 0.717) is 5.56 Å². The normalized spacial score (nSPS) is 22.9. The molecule has 0 aromatic heterocycles. The molecule has 0 amide bonds. The molecule has 1 atom stereocenters. The maximum Gasteiger partial charge on any atom is 0.308 e. The fourth-order valence-corrected chi connectivity index (χ4v) is 1.83. The Kier molecular flexibility index (Phi) is 2.82. The molecule has 94 valence electrons. The summed E-state index contributed by atoms with van der Waals surface area (Å²) in [5.74, 6) is -1.46. The largest absolute Gasteiger partial charge is 0.457 e. The molecule has 1 unspecified atom stereocenters. The van der Waals surface area contributed by atoms with Crippen LogP contribution in [0.15, 0.2) is 42.0 Å². The molecule has 0 spiro atoms. The van der Waals surface area contributed by atoms with Gasteiger partial charge in [0.25, 0.3) is 5.78 Å². The Bertz CT molecular complexity index is 535. The van der Waals surface area contributed by atoms with Crippen LogP contribution < -0.4 is 5.73 Å². The minimum absolute atomic E-state index is 0.165. The molecule has 1 aliphatic heterocycles. The first kappa shape index (κ1) is 12.2. The smallest absolute Gasteiger partial charge is 0.308 e. The molecule has 0 fully saturated rings. The van der Waals surface area contributed by atoms with Gasteiger partial charge in [0.1, 0.15) is 0 Å². The monoisotopic (exact) mass is 247 g/mol. The maximum absolute atomic E-state index is 12.2. The summed E-state index contributed by atoms with van der Waals surface area (Å²) in [5, 5.41) is 0. The summed E-state index contributed by atoms with van der Waals surface area (Å²) >= 11 is 0. The van der Waals surface area contributed by atoms with Crippen LogP contribution in [0, 0.1) is 0 Å². The summed E-state index contributed by atoms with van der Waals surface area (Å²) < 4.78 is 10.2. The van der Waals surface area contributed by atoms with Gasteiger partial charge in [0, 0.05) is 12.5 Å². The van der Waals surface area contributed by atoms with E-state index in [1.54, 1.807) is 31.2 Å². The lowest BCUT2D eigenvalue weighted by Gasteiger charge is -2.22. The molecule has 18 heavy (non-hydrogen) atoms. The second-order valence-corrected chi connectivity index (χ2v) is 4.12. The van der Waals surface area contributed by atoms with E-state index in [4.69, 9.17) is 15.2 Å². The first-order valence-corrected chi connectivity index (χ1v) is 5.42. The van der Waals surface area contributed by atoms with E-state index in [0.717, 1.165) is 0 Å². The minimum Gasteiger partial charge on any atom is -0.457 e. The van der Waals surface area contributed by atoms with Gasteiger partial charge >= 0.3 is 5.97 Å². The van der Waals surface area contributed by atoms with Gasteiger partial charge in [-0.05, 0) is 6.92 Å². The van der Waals surface area contributed by atoms with Crippen molar-refractivity contribution < 1.29 is 19.1 Å². The van der Waals surface area contributed by atoms with Crippen molar-refractivity contribution in [2.24, 2.45) is 5.73 Å². The van der Waals surface area contributed by atoms with Crippen LogP contribution in [0.5, 0.6) is 0 Å². The zero-order valence-electron chi connectivity index (χ0n) is 10.1. The maximum atomic E-state index is 12.2. The van der Waals surface area contributed by atoms with Crippen LogP contribution in [-0.4, -0.2) is 11.8 Å². The van der Waals surface area contributed by atoms with Gasteiger partial charge in [0.2, 0.25) is 11.6 Å². The molecule has 1 heterocycles. The van der Waals surface area contributed by atoms with Crippen LogP contribution in [0.2, 0.25) is 0 Å². The summed E-state index contributed by atoms with van der Waals surface area (Å²) in [7, 11) is 0. The van der Waals surface area contributed by atoms with Gasteiger partial charge in [-0.25, -0.2) is 0 Å². The van der Waals surface area contributed by atoms with E-state index < -0.39 is 17.4 Å². The molecule has 2 rings (SSSR count). The van der Waals surface area contributed by atoms with Gasteiger partial charge in [-0.3, -0.25) is 9.59 Å². The van der Waals surface area contributed by atoms with Crippen molar-refractivity contribution in [3.8, 4) is 0 Å². The average Bonchev–Trinajstić information content (AvgIpc) is 2.55. The predicted octanol–water partition coefficient (Wildman–Crippen LogP) is 1.19. The Balaban J connectivity index is 2.36. The summed E-state index contributed by atoms with van der Waals surface area (Å²) in [6, 6.07) is 8.91. The molecule has 5 heteroatoms. The number of hydrogen-bond acceptors (Lipinski definition) is 5. The van der Waals surface area contributed by atoms with Crippen LogP contribution in [0.4, 0.5) is 0 Å². The number of Topliss-reactive ketones (excluding diaryl/α,β-unsaturated/α-hetero) is 1. The molecule has 0 bridgehead atoms. The number of ether oxygens (including phenoxy) is 2. The van der Waals surface area contributed by atoms with Crippen molar-refractivity contribution >= 4 is 11.8 Å². The number of nitrogens with two attached hydrogens (primary N) is 1. The highest BCUT2D eigenvalue weighted by molar-refractivity contribution is 6.04. The fraction of sp³-hybridized carbons (Fsp3) is 0.231. The lowest BCUT2D eigenvalue weighted by Crippen LogP contribution is -2.31. The predicted molar refractivity (Wildman–Crippen MR) is 62.9 cm³/mol. The van der Waals surface area contributed by atoms with E-state index in [-0.39, 0.29) is 11.6 Å². The molecular weight excluding hydrogens is 234 g/mol. The second-order valence-electron chi connectivity index (χ2n) is 4.12. The molecule has 1 aromatic rings. The molecule has 1 aromatic carbocycles. The third-order valence-electron chi connectivity index (χ3n) is 2.75. The van der Waals surface area contributed by atoms with Gasteiger partial charge in [-0.15, -0.1) is 0 Å². The van der Waals surface area contributed by atoms with Crippen LogP contribution >= 0.6 is 0 Å². The molecule has 0 radical (unpaired) electrons. The third-order valence-corrected chi connectivity index (χ3v) is 2.75. The SMILES string of the molecule is CC(=O)OC1=C(N)OC(C)(c2ccccc2)C1=O. The second kappa shape index (κ2) is 4.18. The third kappa shape index (κ3) is 1.84. The van der Waals surface area contributed by atoms with Crippen molar-refractivity contribution in [2.45, 2.75) is 19.4 Å². The summed E-state index contributed by atoms with van der Waals surface area (Å²) in [4.78, 5) is 23.2. The highest BCUT2D eigenvalue weighted by Crippen LogP contribution is 2.37. The number of rotatable bonds is 2. The number of esters is 1. The standard InChI is InChI=1S/C13H13NO4/c1-8(15)17-10-11(16)13(2,18-12(10)14)9-6-4-3-5-7-9/h3-7H,14H2,1-2H3. The summed E-state index contributed by atoms with van der Waals surface area (Å²) in [6.45, 7) is 2.79. The van der Waals surface area contributed by atoms with Crippen LogP contribution in [0.3, 0.4) is 0 Å². The van der Waals surface area contributed by atoms with Crippen molar-refractivity contribution in [2.75, 3.05) is 0 Å². The van der Waals surface area contributed by atoms with Crippen molar-refractivity contribution in [3.63, 3.8) is 0 Å². The number of ketones is 1. The van der Waals surface area contributed by atoms with Gasteiger partial charge in [0.15, 0.2) is 5.60 Å². The zero-order chi connectivity index (χ0) is 13.3. The topological polar surface area (TPSA) is 78.6 Å². The molecular formula is C13H13NO4. The molecule has 0 saturated heterocycles. The van der Waals surface area contributed by atoms with Crippen molar-refractivity contribution in [3.05, 3.63) is 47.5 Å². The summed E-state index contributed by atoms with van der Waals surface area (Å²) in [6.07, 6.45) is 0. The van der Waals surface area contributed by atoms with E-state index in [1.807, 2.05) is 6.07 Å². The lowest BCUT2D eigenvalue weighted by molar-refractivity contribution is -0.142. The van der Waals surface area contributed by atoms with E-state index in [1.165, 1.54) is 6.92 Å².